The van der Waals surface area contributed by atoms with E-state index in [4.69, 9.17) is 0 Å². The maximum atomic E-state index is 12.1. The van der Waals surface area contributed by atoms with Crippen LogP contribution in [0, 0.1) is 6.92 Å². The van der Waals surface area contributed by atoms with E-state index in [1.807, 2.05) is 24.4 Å². The number of amides is 1. The maximum Gasteiger partial charge on any atom is 0.255 e. The van der Waals surface area contributed by atoms with Crippen LogP contribution < -0.4 is 5.32 Å². The van der Waals surface area contributed by atoms with Gasteiger partial charge in [-0.15, -0.1) is 11.3 Å². The molecule has 94 valence electrons. The van der Waals surface area contributed by atoms with Crippen LogP contribution >= 0.6 is 11.3 Å². The molecule has 0 aliphatic rings. The van der Waals surface area contributed by atoms with Crippen LogP contribution in [0.15, 0.2) is 30.0 Å². The third-order valence-corrected chi connectivity index (χ3v) is 3.74. The summed E-state index contributed by atoms with van der Waals surface area (Å²) in [6.07, 6.45) is 3.86. The Morgan fingerprint density at radius 3 is 3.00 bits per heavy atom. The number of carbonyl (C=O) groups excluding carboxylic acids is 1. The van der Waals surface area contributed by atoms with Crippen LogP contribution in [0.2, 0.25) is 0 Å². The first-order chi connectivity index (χ1) is 8.72. The fourth-order valence-corrected chi connectivity index (χ4v) is 2.57. The van der Waals surface area contributed by atoms with Gasteiger partial charge in [-0.25, -0.2) is 9.97 Å². The van der Waals surface area contributed by atoms with Gasteiger partial charge >= 0.3 is 0 Å². The molecule has 0 saturated carbocycles. The first kappa shape index (κ1) is 12.7. The highest BCUT2D eigenvalue weighted by Crippen LogP contribution is 2.22. The Morgan fingerprint density at radius 1 is 1.56 bits per heavy atom. The van der Waals surface area contributed by atoms with Gasteiger partial charge in [0.15, 0.2) is 0 Å². The van der Waals surface area contributed by atoms with E-state index in [1.54, 1.807) is 17.5 Å². The number of thiophene rings is 1. The van der Waals surface area contributed by atoms with E-state index >= 15 is 0 Å². The summed E-state index contributed by atoms with van der Waals surface area (Å²) in [5, 5.41) is 5.03. The summed E-state index contributed by atoms with van der Waals surface area (Å²) in [6.45, 7) is 3.86. The molecule has 0 aliphatic carbocycles. The molecule has 0 bridgehead atoms. The molecule has 1 atom stereocenters. The van der Waals surface area contributed by atoms with Crippen molar-refractivity contribution in [1.82, 2.24) is 15.3 Å². The third kappa shape index (κ3) is 2.73. The van der Waals surface area contributed by atoms with Crippen molar-refractivity contribution in [3.05, 3.63) is 46.2 Å². The van der Waals surface area contributed by atoms with E-state index in [9.17, 15) is 4.79 Å². The molecule has 5 heteroatoms. The minimum Gasteiger partial charge on any atom is -0.344 e. The second-order valence-corrected chi connectivity index (χ2v) is 4.95. The molecule has 0 aliphatic heterocycles. The summed E-state index contributed by atoms with van der Waals surface area (Å²) in [5.41, 5.74) is 1.23. The summed E-state index contributed by atoms with van der Waals surface area (Å²) in [5.74, 6) is -0.117. The number of hydrogen-bond acceptors (Lipinski definition) is 4. The minimum absolute atomic E-state index is 0.0529. The van der Waals surface area contributed by atoms with Crippen LogP contribution in [0.5, 0.6) is 0 Å². The SMILES string of the molecule is CC[C@@H](NC(=O)c1cncnc1C)c1cccs1. The molecule has 0 unspecified atom stereocenters. The van der Waals surface area contributed by atoms with Gasteiger partial charge in [0, 0.05) is 11.1 Å². The fourth-order valence-electron chi connectivity index (χ4n) is 1.71. The summed E-state index contributed by atoms with van der Waals surface area (Å²) < 4.78 is 0. The van der Waals surface area contributed by atoms with Crippen molar-refractivity contribution < 1.29 is 4.79 Å². The standard InChI is InChI=1S/C13H15N3OS/c1-3-11(12-5-4-6-18-12)16-13(17)10-7-14-8-15-9(10)2/h4-8,11H,3H2,1-2H3,(H,16,17)/t11-/m1/s1. The van der Waals surface area contributed by atoms with Gasteiger partial charge < -0.3 is 5.32 Å². The number of nitrogens with zero attached hydrogens (tertiary/aromatic N) is 2. The molecule has 2 heterocycles. The average molecular weight is 261 g/mol. The zero-order chi connectivity index (χ0) is 13.0. The Balaban J connectivity index is 2.14. The molecule has 1 amide bonds. The molecule has 0 radical (unpaired) electrons. The van der Waals surface area contributed by atoms with Gasteiger partial charge in [-0.1, -0.05) is 13.0 Å². The molecule has 2 aromatic heterocycles. The van der Waals surface area contributed by atoms with Crippen molar-refractivity contribution in [3.8, 4) is 0 Å². The number of aryl methyl sites for hydroxylation is 1. The van der Waals surface area contributed by atoms with Crippen LogP contribution in [0.4, 0.5) is 0 Å². The van der Waals surface area contributed by atoms with Crippen LogP contribution in [-0.2, 0) is 0 Å². The molecule has 4 nitrogen and oxygen atoms in total. The van der Waals surface area contributed by atoms with Crippen LogP contribution in [0.3, 0.4) is 0 Å². The Kier molecular flexibility index (Phi) is 4.04. The quantitative estimate of drug-likeness (QED) is 0.920. The molecular weight excluding hydrogens is 246 g/mol. The Hall–Kier alpha value is -1.75. The van der Waals surface area contributed by atoms with Gasteiger partial charge in [0.25, 0.3) is 5.91 Å². The lowest BCUT2D eigenvalue weighted by molar-refractivity contribution is 0.0935. The highest BCUT2D eigenvalue weighted by molar-refractivity contribution is 7.10. The van der Waals surface area contributed by atoms with E-state index in [2.05, 4.69) is 22.2 Å². The Labute approximate surface area is 110 Å². The van der Waals surface area contributed by atoms with Gasteiger partial charge in [-0.05, 0) is 24.8 Å². The largest absolute Gasteiger partial charge is 0.344 e. The van der Waals surface area contributed by atoms with Crippen LogP contribution in [-0.4, -0.2) is 15.9 Å². The zero-order valence-corrected chi connectivity index (χ0v) is 11.2. The van der Waals surface area contributed by atoms with Crippen LogP contribution in [0.25, 0.3) is 0 Å². The molecule has 2 rings (SSSR count). The normalized spacial score (nSPS) is 12.1. The highest BCUT2D eigenvalue weighted by Gasteiger charge is 2.16. The van der Waals surface area contributed by atoms with E-state index in [0.717, 1.165) is 6.42 Å². The molecule has 0 aromatic carbocycles. The summed E-state index contributed by atoms with van der Waals surface area (Å²) >= 11 is 1.65. The lowest BCUT2D eigenvalue weighted by atomic mass is 10.1. The van der Waals surface area contributed by atoms with Gasteiger partial charge in [-0.2, -0.15) is 0 Å². The van der Waals surface area contributed by atoms with Crippen molar-refractivity contribution in [2.24, 2.45) is 0 Å². The van der Waals surface area contributed by atoms with Crippen LogP contribution in [0.1, 0.15) is 40.3 Å². The highest BCUT2D eigenvalue weighted by atomic mass is 32.1. The molecular formula is C13H15N3OS. The Morgan fingerprint density at radius 2 is 2.39 bits per heavy atom. The molecule has 2 aromatic rings. The predicted octanol–water partition coefficient (Wildman–Crippen LogP) is 2.73. The van der Waals surface area contributed by atoms with Gasteiger partial charge in [-0.3, -0.25) is 4.79 Å². The Bertz CT molecular complexity index is 525. The van der Waals surface area contributed by atoms with Crippen molar-refractivity contribution in [3.63, 3.8) is 0 Å². The first-order valence-electron chi connectivity index (χ1n) is 5.83. The number of carbonyl (C=O) groups is 1. The van der Waals surface area contributed by atoms with Crippen molar-refractivity contribution in [2.45, 2.75) is 26.3 Å². The van der Waals surface area contributed by atoms with Crippen molar-refractivity contribution in [2.75, 3.05) is 0 Å². The molecule has 0 fully saturated rings. The number of aromatic nitrogens is 2. The third-order valence-electron chi connectivity index (χ3n) is 2.76. The fraction of sp³-hybridized carbons (Fsp3) is 0.308. The van der Waals surface area contributed by atoms with Gasteiger partial charge in [0.05, 0.1) is 17.3 Å². The lowest BCUT2D eigenvalue weighted by Gasteiger charge is -2.15. The number of rotatable bonds is 4. The van der Waals surface area contributed by atoms with Gasteiger partial charge in [0.2, 0.25) is 0 Å². The summed E-state index contributed by atoms with van der Waals surface area (Å²) in [7, 11) is 0. The van der Waals surface area contributed by atoms with Gasteiger partial charge in [0.1, 0.15) is 6.33 Å². The van der Waals surface area contributed by atoms with E-state index in [-0.39, 0.29) is 11.9 Å². The predicted molar refractivity (Wildman–Crippen MR) is 71.6 cm³/mol. The zero-order valence-electron chi connectivity index (χ0n) is 10.4. The molecule has 0 spiro atoms. The summed E-state index contributed by atoms with van der Waals surface area (Å²) in [4.78, 5) is 21.2. The number of nitrogens with one attached hydrogen (secondary N) is 1. The monoisotopic (exact) mass is 261 g/mol. The minimum atomic E-state index is -0.117. The summed E-state index contributed by atoms with van der Waals surface area (Å²) in [6, 6.07) is 4.08. The van der Waals surface area contributed by atoms with E-state index < -0.39 is 0 Å². The lowest BCUT2D eigenvalue weighted by Crippen LogP contribution is -2.28. The van der Waals surface area contributed by atoms with Crippen molar-refractivity contribution >= 4 is 17.2 Å². The smallest absolute Gasteiger partial charge is 0.255 e. The maximum absolute atomic E-state index is 12.1. The van der Waals surface area contributed by atoms with E-state index in [0.29, 0.717) is 11.3 Å². The number of hydrogen-bond donors (Lipinski definition) is 1. The molecule has 18 heavy (non-hydrogen) atoms. The molecule has 1 N–H and O–H groups in total. The second-order valence-electron chi connectivity index (χ2n) is 3.97. The topological polar surface area (TPSA) is 54.9 Å². The van der Waals surface area contributed by atoms with Crippen molar-refractivity contribution in [1.29, 1.82) is 0 Å². The first-order valence-corrected chi connectivity index (χ1v) is 6.71. The average Bonchev–Trinajstić information content (AvgIpc) is 2.90. The molecule has 0 saturated heterocycles. The van der Waals surface area contributed by atoms with E-state index in [1.165, 1.54) is 11.2 Å². The second kappa shape index (κ2) is 5.73.